The number of thioether (sulfide) groups is 1. The maximum atomic E-state index is 12.0. The van der Waals surface area contributed by atoms with Crippen LogP contribution in [-0.4, -0.2) is 31.3 Å². The molecule has 1 N–H and O–H groups in total. The first-order valence-corrected chi connectivity index (χ1v) is 9.88. The fourth-order valence-corrected chi connectivity index (χ4v) is 3.83. The van der Waals surface area contributed by atoms with Gasteiger partial charge in [-0.1, -0.05) is 12.1 Å². The molecule has 0 radical (unpaired) electrons. The SMILES string of the molecule is COc1ccc(C)cc1NC(=O)COC(=O)CSc1ccc2c(c1)CCC2. The zero-order valence-corrected chi connectivity index (χ0v) is 16.4. The summed E-state index contributed by atoms with van der Waals surface area (Å²) in [5, 5.41) is 2.71. The summed E-state index contributed by atoms with van der Waals surface area (Å²) in [6.45, 7) is 1.60. The van der Waals surface area contributed by atoms with Crippen molar-refractivity contribution >= 4 is 29.3 Å². The van der Waals surface area contributed by atoms with Crippen LogP contribution in [0.3, 0.4) is 0 Å². The van der Waals surface area contributed by atoms with E-state index in [2.05, 4.69) is 17.4 Å². The van der Waals surface area contributed by atoms with E-state index in [0.717, 1.165) is 23.3 Å². The molecule has 6 heteroatoms. The van der Waals surface area contributed by atoms with Gasteiger partial charge in [-0.2, -0.15) is 0 Å². The van der Waals surface area contributed by atoms with E-state index < -0.39 is 11.9 Å². The van der Waals surface area contributed by atoms with Crippen molar-refractivity contribution in [3.8, 4) is 5.75 Å². The minimum Gasteiger partial charge on any atom is -0.495 e. The summed E-state index contributed by atoms with van der Waals surface area (Å²) >= 11 is 1.43. The van der Waals surface area contributed by atoms with Crippen molar-refractivity contribution in [3.63, 3.8) is 0 Å². The zero-order chi connectivity index (χ0) is 19.2. The minimum atomic E-state index is -0.410. The lowest BCUT2D eigenvalue weighted by Crippen LogP contribution is -2.22. The normalized spacial score (nSPS) is 12.4. The molecule has 1 amide bonds. The Labute approximate surface area is 163 Å². The number of esters is 1. The Balaban J connectivity index is 1.45. The van der Waals surface area contributed by atoms with Crippen LogP contribution >= 0.6 is 11.8 Å². The highest BCUT2D eigenvalue weighted by atomic mass is 32.2. The summed E-state index contributed by atoms with van der Waals surface area (Å²) in [7, 11) is 1.54. The van der Waals surface area contributed by atoms with Crippen molar-refractivity contribution in [1.82, 2.24) is 0 Å². The van der Waals surface area contributed by atoms with Gasteiger partial charge in [-0.05, 0) is 67.1 Å². The maximum Gasteiger partial charge on any atom is 0.316 e. The minimum absolute atomic E-state index is 0.180. The number of hydrogen-bond donors (Lipinski definition) is 1. The van der Waals surface area contributed by atoms with Crippen LogP contribution in [-0.2, 0) is 27.2 Å². The van der Waals surface area contributed by atoms with E-state index in [1.165, 1.54) is 36.4 Å². The van der Waals surface area contributed by atoms with E-state index in [0.29, 0.717) is 11.4 Å². The van der Waals surface area contributed by atoms with Crippen molar-refractivity contribution in [2.75, 3.05) is 24.8 Å². The highest BCUT2D eigenvalue weighted by Crippen LogP contribution is 2.28. The van der Waals surface area contributed by atoms with E-state index >= 15 is 0 Å². The Hall–Kier alpha value is -2.47. The Kier molecular flexibility index (Phi) is 6.40. The number of carbonyl (C=O) groups excluding carboxylic acids is 2. The number of benzene rings is 2. The molecule has 0 saturated heterocycles. The number of hydrogen-bond acceptors (Lipinski definition) is 5. The van der Waals surface area contributed by atoms with Crippen LogP contribution in [0, 0.1) is 6.92 Å². The molecule has 0 unspecified atom stereocenters. The molecule has 0 spiro atoms. The van der Waals surface area contributed by atoms with Gasteiger partial charge in [0.2, 0.25) is 0 Å². The second-order valence-electron chi connectivity index (χ2n) is 6.49. The summed E-state index contributed by atoms with van der Waals surface area (Å²) < 4.78 is 10.3. The van der Waals surface area contributed by atoms with Crippen LogP contribution < -0.4 is 10.1 Å². The second kappa shape index (κ2) is 8.95. The quantitative estimate of drug-likeness (QED) is 0.581. The molecule has 27 heavy (non-hydrogen) atoms. The van der Waals surface area contributed by atoms with E-state index in [1.807, 2.05) is 25.1 Å². The summed E-state index contributed by atoms with van der Waals surface area (Å²) in [5.74, 6) is -0.0612. The smallest absolute Gasteiger partial charge is 0.316 e. The summed E-state index contributed by atoms with van der Waals surface area (Å²) in [6.07, 6.45) is 3.45. The van der Waals surface area contributed by atoms with Gasteiger partial charge in [0.25, 0.3) is 5.91 Å². The Morgan fingerprint density at radius 1 is 1.11 bits per heavy atom. The predicted molar refractivity (Wildman–Crippen MR) is 107 cm³/mol. The first-order valence-electron chi connectivity index (χ1n) is 8.90. The number of carbonyl (C=O) groups is 2. The summed E-state index contributed by atoms with van der Waals surface area (Å²) in [5.41, 5.74) is 4.34. The van der Waals surface area contributed by atoms with Crippen LogP contribution in [0.25, 0.3) is 0 Å². The number of methoxy groups -OCH3 is 1. The largest absolute Gasteiger partial charge is 0.495 e. The van der Waals surface area contributed by atoms with Gasteiger partial charge < -0.3 is 14.8 Å². The van der Waals surface area contributed by atoms with E-state index in [-0.39, 0.29) is 12.4 Å². The molecule has 0 aliphatic heterocycles. The summed E-state index contributed by atoms with van der Waals surface area (Å²) in [4.78, 5) is 25.0. The van der Waals surface area contributed by atoms with Crippen molar-refractivity contribution in [2.24, 2.45) is 0 Å². The molecule has 0 saturated carbocycles. The van der Waals surface area contributed by atoms with Gasteiger partial charge in [0.05, 0.1) is 18.6 Å². The predicted octanol–water partition coefficient (Wildman–Crippen LogP) is 3.77. The molecule has 0 heterocycles. The number of anilines is 1. The number of fused-ring (bicyclic) bond motifs is 1. The lowest BCUT2D eigenvalue weighted by molar-refractivity contribution is -0.144. The maximum absolute atomic E-state index is 12.0. The van der Waals surface area contributed by atoms with Crippen LogP contribution in [0.2, 0.25) is 0 Å². The average molecular weight is 385 g/mol. The van der Waals surface area contributed by atoms with E-state index in [4.69, 9.17) is 9.47 Å². The van der Waals surface area contributed by atoms with Crippen LogP contribution in [0.1, 0.15) is 23.1 Å². The molecule has 1 aliphatic carbocycles. The molecule has 2 aromatic carbocycles. The molecule has 0 fully saturated rings. The van der Waals surface area contributed by atoms with Crippen molar-refractivity contribution < 1.29 is 19.1 Å². The van der Waals surface area contributed by atoms with Crippen molar-refractivity contribution in [3.05, 3.63) is 53.1 Å². The monoisotopic (exact) mass is 385 g/mol. The number of nitrogens with one attached hydrogen (secondary N) is 1. The fourth-order valence-electron chi connectivity index (χ4n) is 3.07. The third-order valence-corrected chi connectivity index (χ3v) is 5.39. The molecular formula is C21H23NO4S. The highest BCUT2D eigenvalue weighted by molar-refractivity contribution is 8.00. The molecule has 0 bridgehead atoms. The Morgan fingerprint density at radius 2 is 1.93 bits per heavy atom. The first kappa shape index (κ1) is 19.3. The number of amides is 1. The zero-order valence-electron chi connectivity index (χ0n) is 15.5. The average Bonchev–Trinajstić information content (AvgIpc) is 3.12. The third kappa shape index (κ3) is 5.26. The third-order valence-electron chi connectivity index (χ3n) is 4.42. The van der Waals surface area contributed by atoms with Gasteiger partial charge in [0.15, 0.2) is 6.61 Å². The second-order valence-corrected chi connectivity index (χ2v) is 7.53. The molecule has 2 aromatic rings. The van der Waals surface area contributed by atoms with E-state index in [1.54, 1.807) is 6.07 Å². The molecule has 142 valence electrons. The Bertz CT molecular complexity index is 850. The molecule has 5 nitrogen and oxygen atoms in total. The number of ether oxygens (including phenoxy) is 2. The lowest BCUT2D eigenvalue weighted by Gasteiger charge is -2.11. The van der Waals surface area contributed by atoms with Gasteiger partial charge in [0, 0.05) is 4.90 Å². The standard InChI is InChI=1S/C21H23NO4S/c1-14-6-9-19(25-2)18(10-14)22-20(23)12-26-21(24)13-27-17-8-7-15-4-3-5-16(15)11-17/h6-11H,3-5,12-13H2,1-2H3,(H,22,23). The van der Waals surface area contributed by atoms with Crippen LogP contribution in [0.5, 0.6) is 5.75 Å². The molecule has 0 atom stereocenters. The van der Waals surface area contributed by atoms with Gasteiger partial charge >= 0.3 is 5.97 Å². The number of rotatable bonds is 7. The fraction of sp³-hybridized carbons (Fsp3) is 0.333. The first-order chi connectivity index (χ1) is 13.0. The van der Waals surface area contributed by atoms with Gasteiger partial charge in [-0.3, -0.25) is 9.59 Å². The van der Waals surface area contributed by atoms with Crippen molar-refractivity contribution in [2.45, 2.75) is 31.1 Å². The molecule has 1 aliphatic rings. The van der Waals surface area contributed by atoms with Gasteiger partial charge in [0.1, 0.15) is 5.75 Å². The van der Waals surface area contributed by atoms with Gasteiger partial charge in [-0.15, -0.1) is 11.8 Å². The van der Waals surface area contributed by atoms with Gasteiger partial charge in [-0.25, -0.2) is 0 Å². The van der Waals surface area contributed by atoms with E-state index in [9.17, 15) is 9.59 Å². The lowest BCUT2D eigenvalue weighted by atomic mass is 10.1. The number of aryl methyl sites for hydroxylation is 3. The topological polar surface area (TPSA) is 64.6 Å². The molecule has 0 aromatic heterocycles. The summed E-state index contributed by atoms with van der Waals surface area (Å²) in [6, 6.07) is 11.8. The van der Waals surface area contributed by atoms with Crippen LogP contribution in [0.15, 0.2) is 41.3 Å². The van der Waals surface area contributed by atoms with Crippen LogP contribution in [0.4, 0.5) is 5.69 Å². The Morgan fingerprint density at radius 3 is 2.74 bits per heavy atom. The molecular weight excluding hydrogens is 362 g/mol. The van der Waals surface area contributed by atoms with Crippen molar-refractivity contribution in [1.29, 1.82) is 0 Å². The molecule has 3 rings (SSSR count). The highest BCUT2D eigenvalue weighted by Gasteiger charge is 2.13.